The van der Waals surface area contributed by atoms with Crippen LogP contribution in [0.2, 0.25) is 0 Å². The molecular formula is C37H32NO7P. The molecule has 0 radical (unpaired) electrons. The molecule has 1 aliphatic rings. The lowest BCUT2D eigenvalue weighted by Gasteiger charge is -2.30. The summed E-state index contributed by atoms with van der Waals surface area (Å²) in [6, 6.07) is 34.4. The average Bonchev–Trinajstić information content (AvgIpc) is 3.06. The Morgan fingerprint density at radius 1 is 0.717 bits per heavy atom. The van der Waals surface area contributed by atoms with Gasteiger partial charge in [0.05, 0.1) is 16.5 Å². The second-order valence-corrected chi connectivity index (χ2v) is 13.5. The van der Waals surface area contributed by atoms with E-state index in [0.717, 1.165) is 16.7 Å². The Morgan fingerprint density at radius 3 is 2.04 bits per heavy atom. The van der Waals surface area contributed by atoms with E-state index in [1.165, 1.54) is 6.92 Å². The number of ether oxygens (including phenoxy) is 2. The van der Waals surface area contributed by atoms with Crippen LogP contribution in [-0.2, 0) is 14.2 Å². The van der Waals surface area contributed by atoms with Gasteiger partial charge < -0.3 is 24.4 Å². The quantitative estimate of drug-likeness (QED) is 0.158. The van der Waals surface area contributed by atoms with Crippen LogP contribution in [0.1, 0.15) is 19.4 Å². The van der Waals surface area contributed by atoms with Crippen molar-refractivity contribution in [2.75, 3.05) is 5.32 Å². The van der Waals surface area contributed by atoms with Crippen molar-refractivity contribution in [1.29, 1.82) is 0 Å². The fourth-order valence-corrected chi connectivity index (χ4v) is 7.54. The van der Waals surface area contributed by atoms with Gasteiger partial charge in [-0.15, -0.1) is 0 Å². The molecule has 1 heterocycles. The van der Waals surface area contributed by atoms with Gasteiger partial charge in [-0.05, 0) is 79.2 Å². The molecule has 3 unspecified atom stereocenters. The highest BCUT2D eigenvalue weighted by molar-refractivity contribution is 7.75. The molecule has 8 nitrogen and oxygen atoms in total. The first-order valence-electron chi connectivity index (χ1n) is 14.8. The van der Waals surface area contributed by atoms with Gasteiger partial charge in [0.2, 0.25) is 5.91 Å². The van der Waals surface area contributed by atoms with Crippen molar-refractivity contribution in [2.24, 2.45) is 11.8 Å². The van der Waals surface area contributed by atoms with Gasteiger partial charge in [-0.3, -0.25) is 14.2 Å². The van der Waals surface area contributed by atoms with Gasteiger partial charge in [0.15, 0.2) is 0 Å². The third-order valence-electron chi connectivity index (χ3n) is 8.03. The first kappa shape index (κ1) is 30.7. The van der Waals surface area contributed by atoms with E-state index in [4.69, 9.17) is 14.0 Å². The zero-order chi connectivity index (χ0) is 32.4. The summed E-state index contributed by atoms with van der Waals surface area (Å²) >= 11 is 0. The lowest BCUT2D eigenvalue weighted by molar-refractivity contribution is -0.145. The summed E-state index contributed by atoms with van der Waals surface area (Å²) in [6.07, 6.45) is 0. The van der Waals surface area contributed by atoms with E-state index in [-0.39, 0.29) is 0 Å². The second-order valence-electron chi connectivity index (χ2n) is 11.2. The van der Waals surface area contributed by atoms with Gasteiger partial charge in [-0.1, -0.05) is 67.9 Å². The molecular weight excluding hydrogens is 601 g/mol. The first-order valence-corrected chi connectivity index (χ1v) is 16.4. The minimum Gasteiger partial charge on any atom is -0.481 e. The van der Waals surface area contributed by atoms with Crippen LogP contribution in [0, 0.1) is 18.8 Å². The normalized spacial score (nSPS) is 16.2. The van der Waals surface area contributed by atoms with Gasteiger partial charge >= 0.3 is 13.3 Å². The van der Waals surface area contributed by atoms with Crippen LogP contribution in [0.5, 0.6) is 28.7 Å². The Kier molecular flexibility index (Phi) is 8.39. The molecule has 1 amide bonds. The molecule has 0 bridgehead atoms. The third kappa shape index (κ3) is 6.12. The Hall–Kier alpha value is -5.33. The molecule has 9 heteroatoms. The van der Waals surface area contributed by atoms with Crippen LogP contribution in [0.3, 0.4) is 0 Å². The van der Waals surface area contributed by atoms with Gasteiger partial charge in [-0.25, -0.2) is 0 Å². The molecule has 0 fully saturated rings. The summed E-state index contributed by atoms with van der Waals surface area (Å²) < 4.78 is 34.0. The van der Waals surface area contributed by atoms with Crippen LogP contribution in [0.25, 0.3) is 11.1 Å². The largest absolute Gasteiger partial charge is 0.481 e. The monoisotopic (exact) mass is 633 g/mol. The Labute approximate surface area is 267 Å². The molecule has 0 saturated carbocycles. The lowest BCUT2D eigenvalue weighted by Crippen LogP contribution is -2.29. The second kappa shape index (κ2) is 12.6. The van der Waals surface area contributed by atoms with Gasteiger partial charge in [0, 0.05) is 17.2 Å². The number of aliphatic carboxylic acids is 1. The summed E-state index contributed by atoms with van der Waals surface area (Å²) in [7, 11) is -3.75. The summed E-state index contributed by atoms with van der Waals surface area (Å²) in [5.74, 6) is -0.615. The number of benzene rings is 5. The van der Waals surface area contributed by atoms with E-state index < -0.39 is 31.1 Å². The van der Waals surface area contributed by atoms with Crippen LogP contribution >= 0.6 is 7.37 Å². The van der Waals surface area contributed by atoms with Crippen molar-refractivity contribution < 1.29 is 33.3 Å². The number of hydrogen-bond acceptors (Lipinski definition) is 6. The van der Waals surface area contributed by atoms with Crippen molar-refractivity contribution in [3.05, 3.63) is 121 Å². The Bertz CT molecular complexity index is 1970. The minimum atomic E-state index is -3.75. The highest BCUT2D eigenvalue weighted by Crippen LogP contribution is 2.55. The average molecular weight is 634 g/mol. The Morgan fingerprint density at radius 2 is 1.33 bits per heavy atom. The molecule has 232 valence electrons. The number of hydrogen-bond donors (Lipinski definition) is 2. The first-order chi connectivity index (χ1) is 22.1. The molecule has 5 aromatic carbocycles. The van der Waals surface area contributed by atoms with E-state index in [1.54, 1.807) is 49.4 Å². The number of carbonyl (C=O) groups is 2. The fraction of sp³-hybridized carbons (Fsp3) is 0.135. The van der Waals surface area contributed by atoms with Crippen molar-refractivity contribution >= 4 is 35.5 Å². The summed E-state index contributed by atoms with van der Waals surface area (Å²) in [5, 5.41) is 12.9. The minimum absolute atomic E-state index is 0.345. The number of carboxylic acids is 1. The molecule has 0 saturated heterocycles. The maximum atomic E-state index is 15.1. The van der Waals surface area contributed by atoms with Gasteiger partial charge in [-0.2, -0.15) is 0 Å². The number of amides is 1. The highest BCUT2D eigenvalue weighted by atomic mass is 31.2. The Balaban J connectivity index is 1.34. The fourth-order valence-electron chi connectivity index (χ4n) is 5.14. The number of para-hydroxylation sites is 1. The molecule has 3 atom stereocenters. The third-order valence-corrected chi connectivity index (χ3v) is 10.5. The van der Waals surface area contributed by atoms with Crippen molar-refractivity contribution in [1.82, 2.24) is 0 Å². The number of aryl methyl sites for hydroxylation is 1. The summed E-state index contributed by atoms with van der Waals surface area (Å²) in [4.78, 5) is 23.8. The summed E-state index contributed by atoms with van der Waals surface area (Å²) in [5.41, 5.74) is 3.27. The van der Waals surface area contributed by atoms with Crippen LogP contribution < -0.4 is 29.9 Å². The topological polar surface area (TPSA) is 111 Å². The standard InChI is InChI=1S/C37H32NO7P/c1-23-12-16-28(17-13-23)44-33-21-20-29(43-27-18-14-26(15-19-27)38-36(39)24(2)25(3)37(40)41)22-35(33)46(42)34-11-7-5-9-31(34)30-8-4-6-10-32(30)45-46/h4-22,24-25H,1-3H3,(H,38,39)(H,40,41). The zero-order valence-electron chi connectivity index (χ0n) is 25.5. The predicted molar refractivity (Wildman–Crippen MR) is 178 cm³/mol. The molecule has 0 aliphatic carbocycles. The molecule has 6 rings (SSSR count). The van der Waals surface area contributed by atoms with Crippen molar-refractivity contribution in [3.8, 4) is 39.9 Å². The van der Waals surface area contributed by atoms with Gasteiger partial charge in [0.1, 0.15) is 28.7 Å². The molecule has 46 heavy (non-hydrogen) atoms. The summed E-state index contributed by atoms with van der Waals surface area (Å²) in [6.45, 7) is 5.07. The van der Waals surface area contributed by atoms with Crippen LogP contribution in [-0.4, -0.2) is 17.0 Å². The van der Waals surface area contributed by atoms with Gasteiger partial charge in [0.25, 0.3) is 0 Å². The number of carbonyl (C=O) groups excluding carboxylic acids is 1. The molecule has 0 spiro atoms. The van der Waals surface area contributed by atoms with E-state index >= 15 is 4.57 Å². The number of anilines is 1. The van der Waals surface area contributed by atoms with E-state index in [2.05, 4.69) is 5.32 Å². The molecule has 1 aliphatic heterocycles. The molecule has 5 aromatic rings. The zero-order valence-corrected chi connectivity index (χ0v) is 26.4. The van der Waals surface area contributed by atoms with E-state index in [0.29, 0.717) is 45.0 Å². The van der Waals surface area contributed by atoms with Crippen molar-refractivity contribution in [3.63, 3.8) is 0 Å². The number of carboxylic acid groups (broad SMARTS) is 1. The maximum Gasteiger partial charge on any atom is 0.311 e. The van der Waals surface area contributed by atoms with Crippen LogP contribution in [0.4, 0.5) is 5.69 Å². The van der Waals surface area contributed by atoms with Crippen molar-refractivity contribution in [2.45, 2.75) is 20.8 Å². The maximum absolute atomic E-state index is 15.1. The smallest absolute Gasteiger partial charge is 0.311 e. The number of rotatable bonds is 9. The van der Waals surface area contributed by atoms with E-state index in [1.807, 2.05) is 79.7 Å². The number of fused-ring (bicyclic) bond motifs is 3. The highest BCUT2D eigenvalue weighted by Gasteiger charge is 2.40. The SMILES string of the molecule is Cc1ccc(Oc2ccc(Oc3ccc(NC(=O)C(C)C(C)C(=O)O)cc3)cc2P2(=O)Oc3ccccc3-c3ccccc32)cc1. The lowest BCUT2D eigenvalue weighted by atomic mass is 9.95. The predicted octanol–water partition coefficient (Wildman–Crippen LogP) is 8.16. The van der Waals surface area contributed by atoms with E-state index in [9.17, 15) is 14.7 Å². The number of nitrogens with one attached hydrogen (secondary N) is 1. The molecule has 0 aromatic heterocycles. The van der Waals surface area contributed by atoms with Crippen LogP contribution in [0.15, 0.2) is 115 Å². The molecule has 2 N–H and O–H groups in total.